The first-order chi connectivity index (χ1) is 18.8. The van der Waals surface area contributed by atoms with Crippen LogP contribution in [0.5, 0.6) is 11.5 Å². The van der Waals surface area contributed by atoms with Crippen LogP contribution in [0.4, 0.5) is 0 Å². The number of carbonyl (C=O) groups excluding carboxylic acids is 3. The zero-order chi connectivity index (χ0) is 29.0. The molecule has 0 aliphatic carbocycles. The summed E-state index contributed by atoms with van der Waals surface area (Å²) in [5.74, 6) is 2.18. The molecule has 3 aromatic carbocycles. The summed E-state index contributed by atoms with van der Waals surface area (Å²) in [4.78, 5) is 34.3. The molecule has 5 nitrogen and oxygen atoms in total. The summed E-state index contributed by atoms with van der Waals surface area (Å²) in [5, 5.41) is 0.669. The zero-order valence-corrected chi connectivity index (χ0v) is 24.6. The molecule has 0 aliphatic heterocycles. The Morgan fingerprint density at radius 1 is 0.538 bits per heavy atom. The molecule has 0 bridgehead atoms. The van der Waals surface area contributed by atoms with E-state index in [0.29, 0.717) is 24.3 Å². The molecule has 3 aromatic rings. The zero-order valence-electron chi connectivity index (χ0n) is 23.8. The largest absolute Gasteiger partial charge is 0.497 e. The van der Waals surface area contributed by atoms with Crippen LogP contribution >= 0.6 is 11.6 Å². The van der Waals surface area contributed by atoms with Gasteiger partial charge < -0.3 is 9.47 Å². The number of benzene rings is 3. The van der Waals surface area contributed by atoms with Gasteiger partial charge in [-0.25, -0.2) is 0 Å². The number of carbonyl (C=O) groups is 3. The summed E-state index contributed by atoms with van der Waals surface area (Å²) in [6.45, 7) is 6.08. The normalized spacial score (nSPS) is 9.79. The molecule has 0 radical (unpaired) electrons. The van der Waals surface area contributed by atoms with Crippen molar-refractivity contribution in [2.45, 2.75) is 65.7 Å². The van der Waals surface area contributed by atoms with Crippen LogP contribution in [-0.2, 0) is 0 Å². The average Bonchev–Trinajstić information content (AvgIpc) is 2.97. The third kappa shape index (κ3) is 13.3. The van der Waals surface area contributed by atoms with E-state index in [4.69, 9.17) is 21.1 Å². The first kappa shape index (κ1) is 33.6. The molecule has 0 spiro atoms. The molecule has 0 amide bonds. The van der Waals surface area contributed by atoms with E-state index < -0.39 is 0 Å². The van der Waals surface area contributed by atoms with Crippen LogP contribution in [-0.4, -0.2) is 31.6 Å². The maximum atomic E-state index is 11.6. The smallest absolute Gasteiger partial charge is 0.162 e. The second-order valence-electron chi connectivity index (χ2n) is 8.84. The molecule has 0 atom stereocenters. The molecule has 0 N–H and O–H groups in total. The van der Waals surface area contributed by atoms with Gasteiger partial charge in [0.2, 0.25) is 0 Å². The Hall–Kier alpha value is -3.44. The van der Waals surface area contributed by atoms with Crippen LogP contribution < -0.4 is 9.47 Å². The predicted octanol–water partition coefficient (Wildman–Crippen LogP) is 9.07. The van der Waals surface area contributed by atoms with Gasteiger partial charge in [0.05, 0.1) is 14.2 Å². The van der Waals surface area contributed by atoms with Gasteiger partial charge in [0.25, 0.3) is 0 Å². The first-order valence-corrected chi connectivity index (χ1v) is 13.8. The maximum absolute atomic E-state index is 11.6. The van der Waals surface area contributed by atoms with Crippen LogP contribution in [0.25, 0.3) is 0 Å². The van der Waals surface area contributed by atoms with Gasteiger partial charge in [-0.2, -0.15) is 0 Å². The maximum Gasteiger partial charge on any atom is 0.162 e. The molecule has 6 heteroatoms. The molecule has 3 rings (SSSR count). The van der Waals surface area contributed by atoms with Crippen molar-refractivity contribution in [1.82, 2.24) is 0 Å². The van der Waals surface area contributed by atoms with Crippen LogP contribution in [0.15, 0.2) is 72.8 Å². The molecule has 39 heavy (non-hydrogen) atoms. The number of ether oxygens (including phenoxy) is 2. The van der Waals surface area contributed by atoms with E-state index in [1.54, 1.807) is 50.6 Å². The van der Waals surface area contributed by atoms with Crippen molar-refractivity contribution in [3.8, 4) is 11.5 Å². The molecule has 0 aliphatic rings. The highest BCUT2D eigenvalue weighted by Gasteiger charge is 2.05. The molecule has 0 saturated carbocycles. The van der Waals surface area contributed by atoms with E-state index in [2.05, 4.69) is 6.92 Å². The highest BCUT2D eigenvalue weighted by molar-refractivity contribution is 6.30. The number of Topliss-reactive ketones (excluding diaryl/α,β-unsaturated/α-hetero) is 3. The molecular formula is C33H41ClO5. The fourth-order valence-electron chi connectivity index (χ4n) is 3.41. The Balaban J connectivity index is 0.000000293. The van der Waals surface area contributed by atoms with Gasteiger partial charge in [0.15, 0.2) is 17.3 Å². The van der Waals surface area contributed by atoms with E-state index in [0.717, 1.165) is 53.9 Å². The van der Waals surface area contributed by atoms with Gasteiger partial charge in [-0.15, -0.1) is 0 Å². The Morgan fingerprint density at radius 3 is 1.18 bits per heavy atom. The lowest BCUT2D eigenvalue weighted by Crippen LogP contribution is -1.98. The number of unbranched alkanes of at least 4 members (excludes halogenated alkanes) is 1. The summed E-state index contributed by atoms with van der Waals surface area (Å²) in [6, 6.07) is 21.5. The van der Waals surface area contributed by atoms with Crippen molar-refractivity contribution in [2.75, 3.05) is 14.2 Å². The van der Waals surface area contributed by atoms with Gasteiger partial charge in [-0.1, -0.05) is 38.8 Å². The van der Waals surface area contributed by atoms with Crippen molar-refractivity contribution in [2.24, 2.45) is 0 Å². The molecular weight excluding hydrogens is 512 g/mol. The van der Waals surface area contributed by atoms with E-state index >= 15 is 0 Å². The minimum absolute atomic E-state index is 0.189. The van der Waals surface area contributed by atoms with Crippen molar-refractivity contribution in [3.63, 3.8) is 0 Å². The highest BCUT2D eigenvalue weighted by Crippen LogP contribution is 2.15. The third-order valence-corrected chi connectivity index (χ3v) is 5.95. The topological polar surface area (TPSA) is 69.7 Å². The lowest BCUT2D eigenvalue weighted by Gasteiger charge is -2.02. The summed E-state index contributed by atoms with van der Waals surface area (Å²) in [6.07, 6.45) is 5.68. The Kier molecular flexibility index (Phi) is 16.9. The highest BCUT2D eigenvalue weighted by atomic mass is 35.5. The van der Waals surface area contributed by atoms with Crippen LogP contribution in [0.1, 0.15) is 96.8 Å². The standard InChI is InChI=1S/C12H16O2.C11H14O2.C10H11ClO/c1-3-4-5-12(13)10-6-8-11(14-2)9-7-10;1-3-4-11(12)9-5-7-10(13-2)8-6-9;1-2-3-10(12)8-4-6-9(11)7-5-8/h6-9H,3-5H2,1-2H3;5-8H,3-4H2,1-2H3;4-7H,2-3H2,1H3. The molecule has 0 unspecified atom stereocenters. The Bertz CT molecular complexity index is 1120. The number of rotatable bonds is 12. The summed E-state index contributed by atoms with van der Waals surface area (Å²) >= 11 is 5.68. The monoisotopic (exact) mass is 552 g/mol. The molecule has 0 aromatic heterocycles. The van der Waals surface area contributed by atoms with Gasteiger partial charge in [0.1, 0.15) is 11.5 Å². The number of ketones is 3. The minimum atomic E-state index is 0.189. The van der Waals surface area contributed by atoms with Crippen LogP contribution in [0, 0.1) is 0 Å². The fraction of sp³-hybridized carbons (Fsp3) is 0.364. The lowest BCUT2D eigenvalue weighted by atomic mass is 10.1. The quantitative estimate of drug-likeness (QED) is 0.209. The molecule has 210 valence electrons. The molecule has 0 fully saturated rings. The van der Waals surface area contributed by atoms with Gasteiger partial charge in [0, 0.05) is 41.0 Å². The van der Waals surface area contributed by atoms with E-state index in [1.165, 1.54) is 0 Å². The van der Waals surface area contributed by atoms with Crippen molar-refractivity contribution >= 4 is 29.0 Å². The van der Waals surface area contributed by atoms with E-state index in [-0.39, 0.29) is 17.3 Å². The van der Waals surface area contributed by atoms with Crippen molar-refractivity contribution in [1.29, 1.82) is 0 Å². The second kappa shape index (κ2) is 19.6. The van der Waals surface area contributed by atoms with E-state index in [1.807, 2.05) is 50.2 Å². The van der Waals surface area contributed by atoms with Crippen molar-refractivity contribution < 1.29 is 23.9 Å². The second-order valence-corrected chi connectivity index (χ2v) is 9.27. The average molecular weight is 553 g/mol. The third-order valence-electron chi connectivity index (χ3n) is 5.70. The van der Waals surface area contributed by atoms with Gasteiger partial charge >= 0.3 is 0 Å². The summed E-state index contributed by atoms with van der Waals surface area (Å²) < 4.78 is 10.0. The molecule has 0 heterocycles. The van der Waals surface area contributed by atoms with Gasteiger partial charge in [-0.05, 0) is 92.1 Å². The van der Waals surface area contributed by atoms with Crippen molar-refractivity contribution in [3.05, 3.63) is 94.5 Å². The first-order valence-electron chi connectivity index (χ1n) is 13.4. The van der Waals surface area contributed by atoms with E-state index in [9.17, 15) is 14.4 Å². The van der Waals surface area contributed by atoms with Crippen LogP contribution in [0.2, 0.25) is 5.02 Å². The fourth-order valence-corrected chi connectivity index (χ4v) is 3.54. The summed E-state index contributed by atoms with van der Waals surface area (Å²) in [5.41, 5.74) is 2.29. The number of methoxy groups -OCH3 is 2. The number of hydrogen-bond acceptors (Lipinski definition) is 5. The summed E-state index contributed by atoms with van der Waals surface area (Å²) in [7, 11) is 3.23. The molecule has 0 saturated heterocycles. The Labute approximate surface area is 238 Å². The SMILES string of the molecule is CCCC(=O)c1ccc(Cl)cc1.CCCC(=O)c1ccc(OC)cc1.CCCCC(=O)c1ccc(OC)cc1. The lowest BCUT2D eigenvalue weighted by molar-refractivity contribution is 0.0972. The van der Waals surface area contributed by atoms with Gasteiger partial charge in [-0.3, -0.25) is 14.4 Å². The predicted molar refractivity (Wildman–Crippen MR) is 160 cm³/mol. The Morgan fingerprint density at radius 2 is 0.872 bits per heavy atom. The van der Waals surface area contributed by atoms with Crippen LogP contribution in [0.3, 0.4) is 0 Å². The number of halogens is 1. The minimum Gasteiger partial charge on any atom is -0.497 e. The number of hydrogen-bond donors (Lipinski definition) is 0.